The van der Waals surface area contributed by atoms with E-state index in [2.05, 4.69) is 0 Å². The number of carbonyl (C=O) groups excluding carboxylic acids is 1. The van der Waals surface area contributed by atoms with E-state index in [-0.39, 0.29) is 18.3 Å². The molecule has 1 aliphatic heterocycles. The van der Waals surface area contributed by atoms with Crippen molar-refractivity contribution < 1.29 is 19.0 Å². The highest BCUT2D eigenvalue weighted by Crippen LogP contribution is 2.37. The van der Waals surface area contributed by atoms with Crippen LogP contribution in [0.4, 0.5) is 10.1 Å². The number of hydrogen-bond donors (Lipinski definition) is 1. The average molecular weight is 315 g/mol. The molecule has 2 aromatic carbocycles. The largest absolute Gasteiger partial charge is 0.484 e. The maximum atomic E-state index is 12.9. The van der Waals surface area contributed by atoms with Crippen molar-refractivity contribution in [3.05, 3.63) is 59.9 Å². The van der Waals surface area contributed by atoms with Gasteiger partial charge in [-0.2, -0.15) is 0 Å². The first-order valence-corrected chi connectivity index (χ1v) is 7.48. The molecule has 2 aromatic rings. The normalized spacial score (nSPS) is 20.0. The Balaban J connectivity index is 1.74. The third kappa shape index (κ3) is 3.19. The van der Waals surface area contributed by atoms with Gasteiger partial charge in [0, 0.05) is 17.8 Å². The smallest absolute Gasteiger partial charge is 0.264 e. The number of para-hydroxylation sites is 1. The van der Waals surface area contributed by atoms with Crippen LogP contribution in [0.25, 0.3) is 0 Å². The zero-order chi connectivity index (χ0) is 16.4. The van der Waals surface area contributed by atoms with Crippen LogP contribution in [0.1, 0.15) is 18.9 Å². The van der Waals surface area contributed by atoms with Crippen LogP contribution in [0, 0.1) is 5.82 Å². The zero-order valence-corrected chi connectivity index (χ0v) is 12.8. The fourth-order valence-electron chi connectivity index (χ4n) is 2.76. The summed E-state index contributed by atoms with van der Waals surface area (Å²) in [7, 11) is 0. The van der Waals surface area contributed by atoms with E-state index in [1.54, 1.807) is 11.8 Å². The molecule has 120 valence electrons. The highest BCUT2D eigenvalue weighted by atomic mass is 19.1. The summed E-state index contributed by atoms with van der Waals surface area (Å²) in [5.74, 6) is -0.106. The minimum atomic E-state index is -0.939. The Hall–Kier alpha value is -2.40. The van der Waals surface area contributed by atoms with Crippen molar-refractivity contribution in [2.45, 2.75) is 18.9 Å². The summed E-state index contributed by atoms with van der Waals surface area (Å²) < 4.78 is 18.3. The van der Waals surface area contributed by atoms with Gasteiger partial charge in [0.25, 0.3) is 5.91 Å². The van der Waals surface area contributed by atoms with Gasteiger partial charge in [0.1, 0.15) is 11.6 Å². The van der Waals surface area contributed by atoms with Gasteiger partial charge >= 0.3 is 0 Å². The van der Waals surface area contributed by atoms with Gasteiger partial charge in [-0.1, -0.05) is 18.2 Å². The van der Waals surface area contributed by atoms with Crippen LogP contribution in [0.5, 0.6) is 5.75 Å². The molecule has 0 aliphatic carbocycles. The van der Waals surface area contributed by atoms with Gasteiger partial charge in [0.2, 0.25) is 0 Å². The van der Waals surface area contributed by atoms with E-state index in [1.165, 1.54) is 24.3 Å². The summed E-state index contributed by atoms with van der Waals surface area (Å²) in [6.45, 7) is 2.04. The van der Waals surface area contributed by atoms with E-state index in [1.807, 2.05) is 24.3 Å². The van der Waals surface area contributed by atoms with Crippen molar-refractivity contribution in [3.8, 4) is 5.75 Å². The first-order chi connectivity index (χ1) is 11.0. The van der Waals surface area contributed by atoms with E-state index in [0.717, 1.165) is 5.56 Å². The van der Waals surface area contributed by atoms with Crippen LogP contribution in [0.3, 0.4) is 0 Å². The Morgan fingerprint density at radius 3 is 2.70 bits per heavy atom. The summed E-state index contributed by atoms with van der Waals surface area (Å²) in [4.78, 5) is 14.1. The van der Waals surface area contributed by atoms with Crippen molar-refractivity contribution in [2.24, 2.45) is 0 Å². The third-order valence-corrected chi connectivity index (χ3v) is 4.07. The van der Waals surface area contributed by atoms with Crippen LogP contribution in [0.15, 0.2) is 48.5 Å². The number of benzene rings is 2. The van der Waals surface area contributed by atoms with E-state index >= 15 is 0 Å². The number of nitrogens with zero attached hydrogens (tertiary/aromatic N) is 1. The molecule has 3 rings (SSSR count). The van der Waals surface area contributed by atoms with Gasteiger partial charge in [-0.25, -0.2) is 4.39 Å². The summed E-state index contributed by atoms with van der Waals surface area (Å²) in [6.07, 6.45) is 0.465. The minimum Gasteiger partial charge on any atom is -0.484 e. The first kappa shape index (κ1) is 15.5. The number of rotatable bonds is 3. The Labute approximate surface area is 134 Å². The molecule has 1 amide bonds. The van der Waals surface area contributed by atoms with Crippen molar-refractivity contribution in [1.82, 2.24) is 0 Å². The van der Waals surface area contributed by atoms with E-state index in [9.17, 15) is 14.3 Å². The second kappa shape index (κ2) is 6.01. The van der Waals surface area contributed by atoms with Crippen LogP contribution >= 0.6 is 0 Å². The molecule has 0 aromatic heterocycles. The Bertz CT molecular complexity index is 712. The number of hydrogen-bond acceptors (Lipinski definition) is 3. The number of carbonyl (C=O) groups is 1. The first-order valence-electron chi connectivity index (χ1n) is 7.48. The predicted molar refractivity (Wildman–Crippen MR) is 84.9 cm³/mol. The maximum absolute atomic E-state index is 12.9. The average Bonchev–Trinajstić information content (AvgIpc) is 2.54. The highest BCUT2D eigenvalue weighted by molar-refractivity contribution is 5.95. The standard InChI is InChI=1S/C18H18FNO3/c1-18(22)10-11-20(16-5-3-2-4-15(16)18)17(21)12-23-14-8-6-13(19)7-9-14/h2-9,22H,10-12H2,1H3. The molecule has 1 heterocycles. The zero-order valence-electron chi connectivity index (χ0n) is 12.8. The van der Waals surface area contributed by atoms with Gasteiger partial charge in [0.05, 0.1) is 5.60 Å². The number of aliphatic hydroxyl groups is 1. The van der Waals surface area contributed by atoms with Crippen molar-refractivity contribution in [3.63, 3.8) is 0 Å². The molecule has 0 fully saturated rings. The van der Waals surface area contributed by atoms with E-state index < -0.39 is 5.60 Å². The van der Waals surface area contributed by atoms with Crippen molar-refractivity contribution in [2.75, 3.05) is 18.1 Å². The molecular weight excluding hydrogens is 297 g/mol. The quantitative estimate of drug-likeness (QED) is 0.947. The van der Waals surface area contributed by atoms with Crippen molar-refractivity contribution >= 4 is 11.6 Å². The molecule has 1 unspecified atom stereocenters. The summed E-state index contributed by atoms with van der Waals surface area (Å²) >= 11 is 0. The summed E-state index contributed by atoms with van der Waals surface area (Å²) in [5.41, 5.74) is 0.503. The molecule has 1 aliphatic rings. The molecule has 0 bridgehead atoms. The van der Waals surface area contributed by atoms with Gasteiger partial charge < -0.3 is 14.7 Å². The molecule has 0 radical (unpaired) electrons. The lowest BCUT2D eigenvalue weighted by Gasteiger charge is -2.37. The molecule has 0 saturated heterocycles. The summed E-state index contributed by atoms with van der Waals surface area (Å²) in [6, 6.07) is 12.9. The van der Waals surface area contributed by atoms with Gasteiger partial charge in [-0.15, -0.1) is 0 Å². The Morgan fingerprint density at radius 2 is 1.96 bits per heavy atom. The fraction of sp³-hybridized carbons (Fsp3) is 0.278. The Morgan fingerprint density at radius 1 is 1.26 bits per heavy atom. The summed E-state index contributed by atoms with van der Waals surface area (Å²) in [5, 5.41) is 10.5. The number of anilines is 1. The molecule has 1 atom stereocenters. The number of halogens is 1. The third-order valence-electron chi connectivity index (χ3n) is 4.07. The lowest BCUT2D eigenvalue weighted by Crippen LogP contribution is -2.44. The lowest BCUT2D eigenvalue weighted by atomic mass is 9.87. The second-order valence-corrected chi connectivity index (χ2v) is 5.83. The molecule has 0 saturated carbocycles. The van der Waals surface area contributed by atoms with Crippen LogP contribution < -0.4 is 9.64 Å². The van der Waals surface area contributed by atoms with E-state index in [4.69, 9.17) is 4.74 Å². The SMILES string of the molecule is CC1(O)CCN(C(=O)COc2ccc(F)cc2)c2ccccc21. The van der Waals surface area contributed by atoms with Crippen molar-refractivity contribution in [1.29, 1.82) is 0 Å². The van der Waals surface area contributed by atoms with Crippen LogP contribution in [-0.4, -0.2) is 24.2 Å². The van der Waals surface area contributed by atoms with Gasteiger partial charge in [0.15, 0.2) is 6.61 Å². The predicted octanol–water partition coefficient (Wildman–Crippen LogP) is 2.85. The van der Waals surface area contributed by atoms with Crippen LogP contribution in [0.2, 0.25) is 0 Å². The number of amides is 1. The highest BCUT2D eigenvalue weighted by Gasteiger charge is 2.35. The second-order valence-electron chi connectivity index (χ2n) is 5.83. The Kier molecular flexibility index (Phi) is 4.05. The van der Waals surface area contributed by atoms with Gasteiger partial charge in [-0.05, 0) is 43.7 Å². The van der Waals surface area contributed by atoms with Gasteiger partial charge in [-0.3, -0.25) is 4.79 Å². The molecule has 5 heteroatoms. The number of ether oxygens (including phenoxy) is 1. The maximum Gasteiger partial charge on any atom is 0.264 e. The molecule has 23 heavy (non-hydrogen) atoms. The molecule has 1 N–H and O–H groups in total. The van der Waals surface area contributed by atoms with E-state index in [0.29, 0.717) is 24.4 Å². The van der Waals surface area contributed by atoms with Crippen LogP contribution in [-0.2, 0) is 10.4 Å². The molecule has 0 spiro atoms. The molecule has 4 nitrogen and oxygen atoms in total. The number of fused-ring (bicyclic) bond motifs is 1. The molecular formula is C18H18FNO3. The topological polar surface area (TPSA) is 49.8 Å². The lowest BCUT2D eigenvalue weighted by molar-refractivity contribution is -0.121. The minimum absolute atomic E-state index is 0.137. The monoisotopic (exact) mass is 315 g/mol. The fourth-order valence-corrected chi connectivity index (χ4v) is 2.76.